The quantitative estimate of drug-likeness (QED) is 0.233. The molecule has 7 nitrogen and oxygen atoms in total. The third-order valence-corrected chi connectivity index (χ3v) is 3.45. The predicted octanol–water partition coefficient (Wildman–Crippen LogP) is 2.67. The first-order valence-electron chi connectivity index (χ1n) is 8.39. The first-order chi connectivity index (χ1) is 13.0. The second kappa shape index (κ2) is 10.2. The van der Waals surface area contributed by atoms with E-state index in [9.17, 15) is 4.79 Å². The third-order valence-electron chi connectivity index (χ3n) is 3.45. The van der Waals surface area contributed by atoms with E-state index in [-0.39, 0.29) is 6.61 Å². The Kier molecular flexibility index (Phi) is 7.72. The lowest BCUT2D eigenvalue weighted by atomic mass is 9.80. The van der Waals surface area contributed by atoms with Crippen LogP contribution >= 0.6 is 0 Å². The summed E-state index contributed by atoms with van der Waals surface area (Å²) < 4.78 is 10.5. The molecular formula is C19H21BN2O5. The van der Waals surface area contributed by atoms with Gasteiger partial charge in [0.15, 0.2) is 0 Å². The fraction of sp³-hybridized carbons (Fsp3) is 0.211. The Hall–Kier alpha value is -2.97. The molecule has 0 aromatic heterocycles. The Morgan fingerprint density at radius 3 is 2.07 bits per heavy atom. The second-order valence-electron chi connectivity index (χ2n) is 5.78. The molecule has 2 aromatic rings. The summed E-state index contributed by atoms with van der Waals surface area (Å²) in [7, 11) is -1.50. The average Bonchev–Trinajstić information content (AvgIpc) is 2.67. The molecular weight excluding hydrogens is 347 g/mol. The summed E-state index contributed by atoms with van der Waals surface area (Å²) in [6.07, 6.45) is 0.582. The first-order valence-corrected chi connectivity index (χ1v) is 8.39. The number of ether oxygens (including phenoxy) is 2. The second-order valence-corrected chi connectivity index (χ2v) is 5.78. The van der Waals surface area contributed by atoms with Crippen molar-refractivity contribution in [3.63, 3.8) is 0 Å². The van der Waals surface area contributed by atoms with Crippen LogP contribution in [0.5, 0.6) is 5.75 Å². The standard InChI is InChI=1S/C19H21BN2O5/c1-14(2)19(23)27-13-3-12-26-18-10-8-17(9-11-18)22-21-16-6-4-15(5-7-16)20(24)25/h4-11,24-25H,1,3,12-13H2,2H3. The Morgan fingerprint density at radius 1 is 1.00 bits per heavy atom. The van der Waals surface area contributed by atoms with Gasteiger partial charge in [-0.3, -0.25) is 0 Å². The lowest BCUT2D eigenvalue weighted by molar-refractivity contribution is -0.139. The molecule has 0 saturated carbocycles. The minimum atomic E-state index is -1.50. The lowest BCUT2D eigenvalue weighted by Gasteiger charge is -2.07. The summed E-state index contributed by atoms with van der Waals surface area (Å²) in [4.78, 5) is 11.2. The van der Waals surface area contributed by atoms with Crippen molar-refractivity contribution in [2.75, 3.05) is 13.2 Å². The zero-order chi connectivity index (χ0) is 19.6. The van der Waals surface area contributed by atoms with E-state index in [0.717, 1.165) is 0 Å². The number of nitrogens with zero attached hydrogens (tertiary/aromatic N) is 2. The van der Waals surface area contributed by atoms with Gasteiger partial charge < -0.3 is 19.5 Å². The van der Waals surface area contributed by atoms with E-state index in [2.05, 4.69) is 16.8 Å². The van der Waals surface area contributed by atoms with Crippen molar-refractivity contribution < 1.29 is 24.3 Å². The molecule has 0 fully saturated rings. The molecule has 0 bridgehead atoms. The Morgan fingerprint density at radius 2 is 1.56 bits per heavy atom. The van der Waals surface area contributed by atoms with E-state index in [0.29, 0.717) is 41.2 Å². The summed E-state index contributed by atoms with van der Waals surface area (Å²) in [5.74, 6) is 0.286. The highest BCUT2D eigenvalue weighted by molar-refractivity contribution is 6.58. The van der Waals surface area contributed by atoms with Crippen LogP contribution in [-0.4, -0.2) is 36.3 Å². The summed E-state index contributed by atoms with van der Waals surface area (Å²) in [5, 5.41) is 26.3. The number of rotatable bonds is 9. The Bertz CT molecular complexity index is 789. The van der Waals surface area contributed by atoms with Gasteiger partial charge in [-0.15, -0.1) is 0 Å². The molecule has 0 unspecified atom stereocenters. The van der Waals surface area contributed by atoms with Crippen LogP contribution in [0.15, 0.2) is 70.9 Å². The van der Waals surface area contributed by atoms with Gasteiger partial charge in [-0.05, 0) is 48.8 Å². The SMILES string of the molecule is C=C(C)C(=O)OCCCOc1ccc(N=Nc2ccc(B(O)O)cc2)cc1. The van der Waals surface area contributed by atoms with Crippen molar-refractivity contribution in [2.45, 2.75) is 13.3 Å². The highest BCUT2D eigenvalue weighted by Gasteiger charge is 2.09. The topological polar surface area (TPSA) is 101 Å². The number of hydrogen-bond acceptors (Lipinski definition) is 7. The maximum absolute atomic E-state index is 11.2. The van der Waals surface area contributed by atoms with Crippen LogP contribution < -0.4 is 10.2 Å². The van der Waals surface area contributed by atoms with Crippen molar-refractivity contribution in [3.8, 4) is 5.75 Å². The molecule has 0 amide bonds. The maximum atomic E-state index is 11.2. The molecule has 0 aliphatic heterocycles. The molecule has 140 valence electrons. The highest BCUT2D eigenvalue weighted by Crippen LogP contribution is 2.21. The van der Waals surface area contributed by atoms with Gasteiger partial charge in [0, 0.05) is 12.0 Å². The van der Waals surface area contributed by atoms with E-state index in [4.69, 9.17) is 19.5 Å². The van der Waals surface area contributed by atoms with Gasteiger partial charge in [-0.25, -0.2) is 4.79 Å². The normalized spacial score (nSPS) is 10.6. The van der Waals surface area contributed by atoms with Crippen molar-refractivity contribution in [1.82, 2.24) is 0 Å². The van der Waals surface area contributed by atoms with Gasteiger partial charge in [0.25, 0.3) is 0 Å². The number of benzene rings is 2. The maximum Gasteiger partial charge on any atom is 0.488 e. The zero-order valence-corrected chi connectivity index (χ0v) is 15.0. The van der Waals surface area contributed by atoms with Crippen molar-refractivity contribution in [2.24, 2.45) is 10.2 Å². The minimum absolute atomic E-state index is 0.282. The Labute approximate surface area is 158 Å². The lowest BCUT2D eigenvalue weighted by Crippen LogP contribution is -2.29. The van der Waals surface area contributed by atoms with E-state index in [1.807, 2.05) is 0 Å². The van der Waals surface area contributed by atoms with Crippen LogP contribution in [-0.2, 0) is 9.53 Å². The molecule has 0 saturated heterocycles. The van der Waals surface area contributed by atoms with Crippen LogP contribution in [0.3, 0.4) is 0 Å². The zero-order valence-electron chi connectivity index (χ0n) is 15.0. The molecule has 2 aromatic carbocycles. The van der Waals surface area contributed by atoms with Crippen LogP contribution in [0.25, 0.3) is 0 Å². The number of hydrogen-bond donors (Lipinski definition) is 2. The summed E-state index contributed by atoms with van der Waals surface area (Å²) in [6.45, 7) is 5.82. The van der Waals surface area contributed by atoms with Gasteiger partial charge in [0.2, 0.25) is 0 Å². The fourth-order valence-electron chi connectivity index (χ4n) is 1.97. The first kappa shape index (κ1) is 20.3. The highest BCUT2D eigenvalue weighted by atomic mass is 16.5. The third kappa shape index (κ3) is 7.05. The molecule has 2 N–H and O–H groups in total. The molecule has 27 heavy (non-hydrogen) atoms. The van der Waals surface area contributed by atoms with E-state index in [1.54, 1.807) is 55.5 Å². The number of esters is 1. The van der Waals surface area contributed by atoms with Gasteiger partial charge in [-0.1, -0.05) is 18.7 Å². The fourth-order valence-corrected chi connectivity index (χ4v) is 1.97. The van der Waals surface area contributed by atoms with E-state index < -0.39 is 13.1 Å². The molecule has 0 aliphatic carbocycles. The van der Waals surface area contributed by atoms with Gasteiger partial charge in [-0.2, -0.15) is 10.2 Å². The minimum Gasteiger partial charge on any atom is -0.493 e. The molecule has 8 heteroatoms. The van der Waals surface area contributed by atoms with Gasteiger partial charge in [0.1, 0.15) is 5.75 Å². The Balaban J connectivity index is 1.77. The average molecular weight is 368 g/mol. The molecule has 0 aliphatic rings. The molecule has 0 atom stereocenters. The predicted molar refractivity (Wildman–Crippen MR) is 103 cm³/mol. The number of carbonyl (C=O) groups excluding carboxylic acids is 1. The van der Waals surface area contributed by atoms with Crippen molar-refractivity contribution in [1.29, 1.82) is 0 Å². The van der Waals surface area contributed by atoms with Crippen LogP contribution in [0.4, 0.5) is 11.4 Å². The molecule has 0 radical (unpaired) electrons. The van der Waals surface area contributed by atoms with Gasteiger partial charge in [0.05, 0.1) is 24.6 Å². The van der Waals surface area contributed by atoms with Crippen molar-refractivity contribution in [3.05, 3.63) is 60.7 Å². The van der Waals surface area contributed by atoms with E-state index >= 15 is 0 Å². The number of carbonyl (C=O) groups is 1. The summed E-state index contributed by atoms with van der Waals surface area (Å²) in [6, 6.07) is 13.5. The molecule has 0 spiro atoms. The molecule has 0 heterocycles. The monoisotopic (exact) mass is 368 g/mol. The van der Waals surface area contributed by atoms with Crippen LogP contribution in [0.2, 0.25) is 0 Å². The van der Waals surface area contributed by atoms with Gasteiger partial charge >= 0.3 is 13.1 Å². The smallest absolute Gasteiger partial charge is 0.488 e. The van der Waals surface area contributed by atoms with E-state index in [1.165, 1.54) is 0 Å². The van der Waals surface area contributed by atoms with Crippen LogP contribution in [0.1, 0.15) is 13.3 Å². The van der Waals surface area contributed by atoms with Crippen molar-refractivity contribution >= 4 is 29.9 Å². The number of azo groups is 1. The summed E-state index contributed by atoms with van der Waals surface area (Å²) in [5.41, 5.74) is 2.03. The largest absolute Gasteiger partial charge is 0.493 e. The molecule has 2 rings (SSSR count). The van der Waals surface area contributed by atoms with Crippen LogP contribution in [0, 0.1) is 0 Å². The summed E-state index contributed by atoms with van der Waals surface area (Å²) >= 11 is 0.